The second-order valence-electron chi connectivity index (χ2n) is 6.58. The summed E-state index contributed by atoms with van der Waals surface area (Å²) in [6.07, 6.45) is 4.27. The average molecular weight is 288 g/mol. The number of fused-ring (bicyclic) bond motifs is 2. The number of nitrogens with one attached hydrogen (secondary N) is 1. The lowest BCUT2D eigenvalue weighted by Gasteiger charge is -2.38. The minimum Gasteiger partial charge on any atom is -0.497 e. The van der Waals surface area contributed by atoms with Crippen LogP contribution in [0.4, 0.5) is 0 Å². The number of hydrogen-bond acceptors (Lipinski definition) is 3. The van der Waals surface area contributed by atoms with Crippen LogP contribution in [0.5, 0.6) is 5.75 Å². The molecule has 1 saturated carbocycles. The topological polar surface area (TPSA) is 24.5 Å². The van der Waals surface area contributed by atoms with Gasteiger partial charge in [-0.3, -0.25) is 4.90 Å². The molecule has 1 aromatic carbocycles. The second kappa shape index (κ2) is 6.37. The van der Waals surface area contributed by atoms with Gasteiger partial charge in [-0.2, -0.15) is 0 Å². The highest BCUT2D eigenvalue weighted by Crippen LogP contribution is 2.40. The van der Waals surface area contributed by atoms with E-state index in [1.165, 1.54) is 31.4 Å². The summed E-state index contributed by atoms with van der Waals surface area (Å²) in [6, 6.07) is 10.3. The molecule has 2 fully saturated rings. The molecule has 0 radical (unpaired) electrons. The first-order valence-electron chi connectivity index (χ1n) is 8.36. The Morgan fingerprint density at radius 2 is 2.05 bits per heavy atom. The molecule has 1 aliphatic carbocycles. The molecule has 0 aromatic heterocycles. The summed E-state index contributed by atoms with van der Waals surface area (Å²) in [5.74, 6) is 1.89. The molecule has 4 unspecified atom stereocenters. The number of benzene rings is 1. The number of piperidine rings is 1. The van der Waals surface area contributed by atoms with Crippen molar-refractivity contribution in [3.63, 3.8) is 0 Å². The van der Waals surface area contributed by atoms with Crippen LogP contribution in [0.1, 0.15) is 44.7 Å². The van der Waals surface area contributed by atoms with Gasteiger partial charge in [0.2, 0.25) is 0 Å². The van der Waals surface area contributed by atoms with E-state index in [2.05, 4.69) is 48.3 Å². The van der Waals surface area contributed by atoms with E-state index < -0.39 is 0 Å². The van der Waals surface area contributed by atoms with Gasteiger partial charge in [-0.15, -0.1) is 0 Å². The van der Waals surface area contributed by atoms with E-state index in [1.807, 2.05) is 0 Å². The summed E-state index contributed by atoms with van der Waals surface area (Å²) in [4.78, 5) is 2.74. The minimum atomic E-state index is 0.403. The third-order valence-corrected chi connectivity index (χ3v) is 5.36. The van der Waals surface area contributed by atoms with Gasteiger partial charge in [0.1, 0.15) is 5.75 Å². The Morgan fingerprint density at radius 3 is 2.57 bits per heavy atom. The molecular weight excluding hydrogens is 260 g/mol. The molecule has 2 aliphatic rings. The SMILES string of the molecule is CCNC(c1ccc(OC)cc1)C(C)N1CC2CCC1C2. The van der Waals surface area contributed by atoms with Crippen molar-refractivity contribution in [2.45, 2.75) is 51.2 Å². The van der Waals surface area contributed by atoms with Crippen LogP contribution in [0.25, 0.3) is 0 Å². The smallest absolute Gasteiger partial charge is 0.118 e. The maximum atomic E-state index is 5.28. The Bertz CT molecular complexity index is 459. The molecule has 0 spiro atoms. The van der Waals surface area contributed by atoms with Crippen molar-refractivity contribution in [3.05, 3.63) is 29.8 Å². The van der Waals surface area contributed by atoms with E-state index in [-0.39, 0.29) is 0 Å². The maximum Gasteiger partial charge on any atom is 0.118 e. The highest BCUT2D eigenvalue weighted by atomic mass is 16.5. The average Bonchev–Trinajstić information content (AvgIpc) is 3.15. The number of methoxy groups -OCH3 is 1. The second-order valence-corrected chi connectivity index (χ2v) is 6.58. The zero-order valence-corrected chi connectivity index (χ0v) is 13.5. The van der Waals surface area contributed by atoms with Gasteiger partial charge in [-0.25, -0.2) is 0 Å². The van der Waals surface area contributed by atoms with Crippen molar-refractivity contribution in [3.8, 4) is 5.75 Å². The quantitative estimate of drug-likeness (QED) is 0.870. The van der Waals surface area contributed by atoms with Crippen molar-refractivity contribution in [2.75, 3.05) is 20.2 Å². The van der Waals surface area contributed by atoms with Crippen molar-refractivity contribution in [2.24, 2.45) is 5.92 Å². The number of hydrogen-bond donors (Lipinski definition) is 1. The third kappa shape index (κ3) is 2.95. The molecule has 116 valence electrons. The summed E-state index contributed by atoms with van der Waals surface area (Å²) < 4.78 is 5.28. The van der Waals surface area contributed by atoms with Gasteiger partial charge in [0, 0.05) is 24.7 Å². The fraction of sp³-hybridized carbons (Fsp3) is 0.667. The first-order valence-corrected chi connectivity index (χ1v) is 8.36. The predicted octanol–water partition coefficient (Wildman–Crippen LogP) is 3.22. The molecule has 1 heterocycles. The predicted molar refractivity (Wildman–Crippen MR) is 86.7 cm³/mol. The molecule has 0 amide bonds. The van der Waals surface area contributed by atoms with Crippen LogP contribution in [0.2, 0.25) is 0 Å². The molecule has 1 aliphatic heterocycles. The Labute approximate surface area is 128 Å². The van der Waals surface area contributed by atoms with Crippen molar-refractivity contribution in [1.29, 1.82) is 0 Å². The summed E-state index contributed by atoms with van der Waals surface area (Å²) >= 11 is 0. The lowest BCUT2D eigenvalue weighted by atomic mass is 9.97. The Hall–Kier alpha value is -1.06. The molecule has 21 heavy (non-hydrogen) atoms. The zero-order chi connectivity index (χ0) is 14.8. The summed E-state index contributed by atoms with van der Waals surface area (Å²) in [5, 5.41) is 3.69. The van der Waals surface area contributed by atoms with E-state index in [0.29, 0.717) is 12.1 Å². The van der Waals surface area contributed by atoms with Crippen LogP contribution in [0, 0.1) is 5.92 Å². The fourth-order valence-corrected chi connectivity index (χ4v) is 4.25. The van der Waals surface area contributed by atoms with Crippen molar-refractivity contribution < 1.29 is 4.74 Å². The largest absolute Gasteiger partial charge is 0.497 e. The van der Waals surface area contributed by atoms with E-state index in [1.54, 1.807) is 7.11 Å². The van der Waals surface area contributed by atoms with Crippen LogP contribution in [-0.4, -0.2) is 37.2 Å². The molecule has 3 heteroatoms. The molecule has 2 bridgehead atoms. The number of likely N-dealkylation sites (N-methyl/N-ethyl adjacent to an activating group) is 1. The monoisotopic (exact) mass is 288 g/mol. The molecular formula is C18H28N2O. The van der Waals surface area contributed by atoms with Crippen LogP contribution in [0.3, 0.4) is 0 Å². The normalized spacial score (nSPS) is 27.8. The summed E-state index contributed by atoms with van der Waals surface area (Å²) in [6.45, 7) is 6.88. The number of rotatable bonds is 6. The molecule has 1 saturated heterocycles. The standard InChI is InChI=1S/C18H28N2O/c1-4-19-18(15-6-9-17(21-3)10-7-15)13(2)20-12-14-5-8-16(20)11-14/h6-7,9-10,13-14,16,18-19H,4-5,8,11-12H2,1-3H3. The number of ether oxygens (including phenoxy) is 1. The lowest BCUT2D eigenvalue weighted by molar-refractivity contribution is 0.129. The van der Waals surface area contributed by atoms with Gasteiger partial charge < -0.3 is 10.1 Å². The van der Waals surface area contributed by atoms with E-state index in [4.69, 9.17) is 4.74 Å². The van der Waals surface area contributed by atoms with Gasteiger partial charge in [0.25, 0.3) is 0 Å². The first kappa shape index (κ1) is 14.9. The minimum absolute atomic E-state index is 0.403. The Kier molecular flexibility index (Phi) is 4.51. The van der Waals surface area contributed by atoms with E-state index in [0.717, 1.165) is 24.3 Å². The Morgan fingerprint density at radius 1 is 1.29 bits per heavy atom. The molecule has 3 rings (SSSR count). The van der Waals surface area contributed by atoms with Gasteiger partial charge in [-0.1, -0.05) is 19.1 Å². The number of nitrogens with zero attached hydrogens (tertiary/aromatic N) is 1. The highest BCUT2D eigenvalue weighted by molar-refractivity contribution is 5.30. The lowest BCUT2D eigenvalue weighted by Crippen LogP contribution is -2.46. The molecule has 3 nitrogen and oxygen atoms in total. The highest BCUT2D eigenvalue weighted by Gasteiger charge is 2.41. The first-order chi connectivity index (χ1) is 10.2. The van der Waals surface area contributed by atoms with Gasteiger partial charge in [0.15, 0.2) is 0 Å². The fourth-order valence-electron chi connectivity index (χ4n) is 4.25. The van der Waals surface area contributed by atoms with Gasteiger partial charge >= 0.3 is 0 Å². The summed E-state index contributed by atoms with van der Waals surface area (Å²) in [5.41, 5.74) is 1.37. The maximum absolute atomic E-state index is 5.28. The van der Waals surface area contributed by atoms with Crippen LogP contribution >= 0.6 is 0 Å². The summed E-state index contributed by atoms with van der Waals surface area (Å²) in [7, 11) is 1.72. The van der Waals surface area contributed by atoms with Crippen LogP contribution in [-0.2, 0) is 0 Å². The third-order valence-electron chi connectivity index (χ3n) is 5.36. The molecule has 1 aromatic rings. The number of likely N-dealkylation sites (tertiary alicyclic amines) is 1. The van der Waals surface area contributed by atoms with Crippen LogP contribution < -0.4 is 10.1 Å². The Balaban J connectivity index is 1.76. The molecule has 4 atom stereocenters. The van der Waals surface area contributed by atoms with E-state index in [9.17, 15) is 0 Å². The van der Waals surface area contributed by atoms with Gasteiger partial charge in [-0.05, 0) is 56.3 Å². The van der Waals surface area contributed by atoms with Crippen LogP contribution in [0.15, 0.2) is 24.3 Å². The van der Waals surface area contributed by atoms with E-state index >= 15 is 0 Å². The zero-order valence-electron chi connectivity index (χ0n) is 13.5. The van der Waals surface area contributed by atoms with Crippen molar-refractivity contribution in [1.82, 2.24) is 10.2 Å². The van der Waals surface area contributed by atoms with Gasteiger partial charge in [0.05, 0.1) is 7.11 Å². The van der Waals surface area contributed by atoms with Crippen molar-refractivity contribution >= 4 is 0 Å². The molecule has 1 N–H and O–H groups in total.